The van der Waals surface area contributed by atoms with Crippen molar-refractivity contribution in [3.8, 4) is 11.8 Å². The van der Waals surface area contributed by atoms with E-state index >= 15 is 0 Å². The summed E-state index contributed by atoms with van der Waals surface area (Å²) in [5.41, 5.74) is 20.7. The fourth-order valence-electron chi connectivity index (χ4n) is 4.22. The number of primary amides is 2. The van der Waals surface area contributed by atoms with Crippen LogP contribution < -0.4 is 22.9 Å². The number of ether oxygens (including phenoxy) is 1. The molecule has 2 atom stereocenters. The van der Waals surface area contributed by atoms with Crippen molar-refractivity contribution in [2.75, 3.05) is 33.9 Å². The van der Waals surface area contributed by atoms with Crippen LogP contribution in [0.25, 0.3) is 0 Å². The molecule has 2 aromatic carbocycles. The van der Waals surface area contributed by atoms with E-state index in [0.717, 1.165) is 39.3 Å². The maximum atomic E-state index is 12.0. The van der Waals surface area contributed by atoms with Gasteiger partial charge in [0.1, 0.15) is 6.61 Å². The molecule has 0 aliphatic rings. The molecule has 0 aliphatic carbocycles. The van der Waals surface area contributed by atoms with E-state index in [9.17, 15) is 9.59 Å². The third-order valence-electron chi connectivity index (χ3n) is 7.42. The number of hydrogen-bond acceptors (Lipinski definition) is 6. The van der Waals surface area contributed by atoms with Crippen molar-refractivity contribution >= 4 is 43.7 Å². The van der Waals surface area contributed by atoms with Crippen molar-refractivity contribution in [2.45, 2.75) is 91.4 Å². The Morgan fingerprint density at radius 3 is 1.59 bits per heavy atom. The fourth-order valence-corrected chi connectivity index (χ4v) is 5.02. The Labute approximate surface area is 296 Å². The van der Waals surface area contributed by atoms with Crippen molar-refractivity contribution in [2.24, 2.45) is 28.3 Å². The lowest BCUT2D eigenvalue weighted by Crippen LogP contribution is -2.39. The van der Waals surface area contributed by atoms with Crippen LogP contribution in [-0.2, 0) is 25.2 Å². The summed E-state index contributed by atoms with van der Waals surface area (Å²) in [5.74, 6) is 4.98. The van der Waals surface area contributed by atoms with Gasteiger partial charge in [-0.25, -0.2) is 0 Å². The number of aliphatic hydroxyl groups is 1. The largest absolute Gasteiger partial charge is 0.396 e. The van der Waals surface area contributed by atoms with Gasteiger partial charge in [0.25, 0.3) is 0 Å². The van der Waals surface area contributed by atoms with Gasteiger partial charge >= 0.3 is 0 Å². The number of carbonyl (C=O) groups is 2. The first-order chi connectivity index (χ1) is 21.7. The number of halogens is 2. The molecule has 2 rings (SSSR count). The number of rotatable bonds is 14. The number of hydrogen-bond donors (Lipinski definition) is 5. The van der Waals surface area contributed by atoms with E-state index in [2.05, 4.69) is 69.0 Å². The zero-order valence-corrected chi connectivity index (χ0v) is 32.7. The standard InChI is InChI=1S/C16H24BrNO2.C16H20BrNO2.C2H6.2CH5N/c1-15(2,9-10-19)7-8-16(3,14(18)20)12-5-4-6-13(17)11-12;1-3-4-10-20-11-6-9-16(2,15(18)19)13-7-5-8-14(17)12-13;3*1-2/h4-6,11,19H,7-10H2,1-3H3,(H2,18,20);5,7-8,12H,6,9-11H2,1-2H3,(H2,18,19);1-2H3;2*2H2,1H3. The second-order valence-corrected chi connectivity index (χ2v) is 13.0. The Morgan fingerprint density at radius 2 is 1.22 bits per heavy atom. The van der Waals surface area contributed by atoms with E-state index in [0.29, 0.717) is 26.1 Å². The van der Waals surface area contributed by atoms with Crippen molar-refractivity contribution in [3.05, 3.63) is 68.6 Å². The van der Waals surface area contributed by atoms with E-state index in [-0.39, 0.29) is 23.8 Å². The predicted molar refractivity (Wildman–Crippen MR) is 201 cm³/mol. The molecule has 2 aromatic rings. The molecule has 9 N–H and O–H groups in total. The lowest BCUT2D eigenvalue weighted by atomic mass is 9.72. The summed E-state index contributed by atoms with van der Waals surface area (Å²) in [4.78, 5) is 23.8. The van der Waals surface area contributed by atoms with Crippen LogP contribution in [0.4, 0.5) is 0 Å². The summed E-state index contributed by atoms with van der Waals surface area (Å²) >= 11 is 6.86. The number of nitrogens with two attached hydrogens (primary N) is 4. The molecule has 0 spiro atoms. The van der Waals surface area contributed by atoms with E-state index in [1.807, 2.05) is 76.2 Å². The van der Waals surface area contributed by atoms with Crippen molar-refractivity contribution in [3.63, 3.8) is 0 Å². The van der Waals surface area contributed by atoms with Gasteiger partial charge in [-0.1, -0.05) is 89.7 Å². The topological polar surface area (TPSA) is 168 Å². The molecule has 0 heterocycles. The molecule has 0 bridgehead atoms. The third kappa shape index (κ3) is 18.2. The molecule has 0 saturated carbocycles. The average molecular weight is 773 g/mol. The summed E-state index contributed by atoms with van der Waals surface area (Å²) in [6.07, 6.45) is 3.64. The van der Waals surface area contributed by atoms with Gasteiger partial charge < -0.3 is 32.8 Å². The highest BCUT2D eigenvalue weighted by Gasteiger charge is 2.35. The summed E-state index contributed by atoms with van der Waals surface area (Å²) in [5, 5.41) is 9.10. The Kier molecular flexibility index (Phi) is 28.0. The fraction of sp³-hybridized carbons (Fsp3) is 0.556. The Balaban J connectivity index is -0.000000691. The van der Waals surface area contributed by atoms with E-state index < -0.39 is 10.8 Å². The maximum absolute atomic E-state index is 12.0. The summed E-state index contributed by atoms with van der Waals surface area (Å²) < 4.78 is 7.26. The van der Waals surface area contributed by atoms with E-state index in [1.165, 1.54) is 14.1 Å². The number of carbonyl (C=O) groups excluding carboxylic acids is 2. The van der Waals surface area contributed by atoms with Crippen molar-refractivity contribution < 1.29 is 19.4 Å². The second kappa shape index (κ2) is 26.8. The monoisotopic (exact) mass is 770 g/mol. The van der Waals surface area contributed by atoms with Crippen LogP contribution in [0, 0.1) is 17.3 Å². The van der Waals surface area contributed by atoms with Gasteiger partial charge in [-0.05, 0) is 108 Å². The molecule has 46 heavy (non-hydrogen) atoms. The normalized spacial score (nSPS) is 12.6. The highest BCUT2D eigenvalue weighted by molar-refractivity contribution is 9.10. The molecule has 0 fully saturated rings. The second-order valence-electron chi connectivity index (χ2n) is 11.1. The molecule has 2 amide bonds. The Hall–Kier alpha value is -2.26. The quantitative estimate of drug-likeness (QED) is 0.108. The molecule has 262 valence electrons. The maximum Gasteiger partial charge on any atom is 0.227 e. The molecule has 0 saturated heterocycles. The molecule has 0 aromatic heterocycles. The molecule has 2 unspecified atom stereocenters. The first kappa shape index (κ1) is 48.1. The van der Waals surface area contributed by atoms with Gasteiger partial charge in [-0.3, -0.25) is 9.59 Å². The van der Waals surface area contributed by atoms with Crippen molar-refractivity contribution in [1.29, 1.82) is 0 Å². The number of benzene rings is 2. The van der Waals surface area contributed by atoms with Gasteiger partial charge in [-0.15, -0.1) is 5.92 Å². The van der Waals surface area contributed by atoms with E-state index in [1.54, 1.807) is 6.92 Å². The van der Waals surface area contributed by atoms with Gasteiger partial charge in [-0.2, -0.15) is 0 Å². The molecular weight excluding hydrogens is 712 g/mol. The highest BCUT2D eigenvalue weighted by Crippen LogP contribution is 2.36. The summed E-state index contributed by atoms with van der Waals surface area (Å²) in [6, 6.07) is 15.4. The Morgan fingerprint density at radius 1 is 0.783 bits per heavy atom. The lowest BCUT2D eigenvalue weighted by molar-refractivity contribution is -0.124. The number of amides is 2. The number of aliphatic hydroxyl groups excluding tert-OH is 1. The van der Waals surface area contributed by atoms with Gasteiger partial charge in [0.15, 0.2) is 0 Å². The highest BCUT2D eigenvalue weighted by atomic mass is 79.9. The zero-order valence-electron chi connectivity index (χ0n) is 29.5. The minimum Gasteiger partial charge on any atom is -0.396 e. The summed E-state index contributed by atoms with van der Waals surface area (Å²) in [6.45, 7) is 14.9. The Bertz CT molecular complexity index is 1180. The minimum atomic E-state index is -0.684. The van der Waals surface area contributed by atoms with Crippen LogP contribution >= 0.6 is 31.9 Å². The van der Waals surface area contributed by atoms with Crippen LogP contribution in [0.15, 0.2) is 57.5 Å². The molecule has 0 radical (unpaired) electrons. The van der Waals surface area contributed by atoms with Crippen molar-refractivity contribution in [1.82, 2.24) is 0 Å². The minimum absolute atomic E-state index is 0.00251. The van der Waals surface area contributed by atoms with Gasteiger partial charge in [0.2, 0.25) is 11.8 Å². The average Bonchev–Trinajstić information content (AvgIpc) is 3.04. The van der Waals surface area contributed by atoms with Crippen LogP contribution in [0.1, 0.15) is 91.7 Å². The first-order valence-corrected chi connectivity index (χ1v) is 17.2. The van der Waals surface area contributed by atoms with Crippen LogP contribution in [0.5, 0.6) is 0 Å². The van der Waals surface area contributed by atoms with Crippen LogP contribution in [0.2, 0.25) is 0 Å². The van der Waals surface area contributed by atoms with E-state index in [4.69, 9.17) is 21.3 Å². The molecule has 10 heteroatoms. The SMILES string of the molecule is CC.CC#CCOCCCC(C)(C(N)=O)c1cccc(Br)c1.CC(C)(CCO)CCC(C)(C(N)=O)c1cccc(Br)c1.CN.CN. The molecular formula is C36H60Br2N4O4. The predicted octanol–water partition coefficient (Wildman–Crippen LogP) is 6.57. The third-order valence-corrected chi connectivity index (χ3v) is 8.40. The van der Waals surface area contributed by atoms with Gasteiger partial charge in [0, 0.05) is 22.2 Å². The van der Waals surface area contributed by atoms with Crippen LogP contribution in [0.3, 0.4) is 0 Å². The summed E-state index contributed by atoms with van der Waals surface area (Å²) in [7, 11) is 3.00. The molecule has 8 nitrogen and oxygen atoms in total. The van der Waals surface area contributed by atoms with Crippen LogP contribution in [-0.4, -0.2) is 50.8 Å². The van der Waals surface area contributed by atoms with Gasteiger partial charge in [0.05, 0.1) is 10.8 Å². The zero-order chi connectivity index (χ0) is 36.4. The smallest absolute Gasteiger partial charge is 0.227 e. The first-order valence-electron chi connectivity index (χ1n) is 15.6. The molecule has 0 aliphatic heterocycles. The lowest BCUT2D eigenvalue weighted by Gasteiger charge is -2.32.